The molecular weight excluding hydrogens is 186 g/mol. The molecule has 80 valence electrons. The van der Waals surface area contributed by atoms with Crippen LogP contribution in [0.2, 0.25) is 0 Å². The molecule has 14 heavy (non-hydrogen) atoms. The molecule has 2 aliphatic rings. The molecule has 1 N–H and O–H groups in total. The molecule has 2 saturated heterocycles. The second-order valence-corrected chi connectivity index (χ2v) is 3.81. The van der Waals surface area contributed by atoms with Crippen LogP contribution in [0.5, 0.6) is 0 Å². The predicted molar refractivity (Wildman–Crippen MR) is 48.2 cm³/mol. The monoisotopic (exact) mass is 201 g/mol. The first-order chi connectivity index (χ1) is 6.54. The number of hydrogen-bond acceptors (Lipinski definition) is 4. The minimum atomic E-state index is -0.871. The maximum Gasteiger partial charge on any atom is 0.324 e. The minimum Gasteiger partial charge on any atom is -0.361 e. The largest absolute Gasteiger partial charge is 0.361 e. The quantitative estimate of drug-likeness (QED) is 0.541. The van der Waals surface area contributed by atoms with Crippen LogP contribution in [0.25, 0.3) is 0 Å². The SMILES string of the molecule is CN1C(=O)N(C)C(O)N(C)C2COC21. The molecule has 0 saturated carbocycles. The Morgan fingerprint density at radius 1 is 1.36 bits per heavy atom. The number of hydrogen-bond donors (Lipinski definition) is 1. The summed E-state index contributed by atoms with van der Waals surface area (Å²) in [6.07, 6.45) is -1.10. The van der Waals surface area contributed by atoms with Crippen molar-refractivity contribution in [1.82, 2.24) is 14.7 Å². The van der Waals surface area contributed by atoms with E-state index in [1.807, 2.05) is 0 Å². The van der Waals surface area contributed by atoms with Crippen molar-refractivity contribution < 1.29 is 14.6 Å². The van der Waals surface area contributed by atoms with E-state index in [0.29, 0.717) is 6.61 Å². The van der Waals surface area contributed by atoms with Gasteiger partial charge in [0.2, 0.25) is 0 Å². The summed E-state index contributed by atoms with van der Waals surface area (Å²) in [5, 5.41) is 9.79. The van der Waals surface area contributed by atoms with Gasteiger partial charge in [-0.1, -0.05) is 0 Å². The van der Waals surface area contributed by atoms with Gasteiger partial charge in [-0.15, -0.1) is 0 Å². The molecule has 0 aliphatic carbocycles. The van der Waals surface area contributed by atoms with Crippen molar-refractivity contribution in [2.45, 2.75) is 18.6 Å². The average Bonchev–Trinajstić information content (AvgIpc) is 2.13. The van der Waals surface area contributed by atoms with Gasteiger partial charge in [-0.25, -0.2) is 4.79 Å². The molecule has 0 bridgehead atoms. The van der Waals surface area contributed by atoms with Crippen LogP contribution in [-0.2, 0) is 4.74 Å². The van der Waals surface area contributed by atoms with E-state index in [4.69, 9.17) is 4.74 Å². The number of carbonyl (C=O) groups excluding carboxylic acids is 1. The summed E-state index contributed by atoms with van der Waals surface area (Å²) in [7, 11) is 5.04. The van der Waals surface area contributed by atoms with Gasteiger partial charge in [-0.3, -0.25) is 14.7 Å². The predicted octanol–water partition coefficient (Wildman–Crippen LogP) is -1.08. The van der Waals surface area contributed by atoms with Crippen molar-refractivity contribution >= 4 is 6.03 Å². The van der Waals surface area contributed by atoms with Crippen molar-refractivity contribution in [3.8, 4) is 0 Å². The first-order valence-corrected chi connectivity index (χ1v) is 4.55. The molecule has 6 nitrogen and oxygen atoms in total. The third-order valence-corrected chi connectivity index (χ3v) is 2.99. The van der Waals surface area contributed by atoms with Crippen LogP contribution in [0.1, 0.15) is 0 Å². The number of aliphatic hydroxyl groups is 1. The van der Waals surface area contributed by atoms with E-state index in [1.54, 1.807) is 26.0 Å². The molecule has 0 aromatic carbocycles. The highest BCUT2D eigenvalue weighted by molar-refractivity contribution is 5.74. The lowest BCUT2D eigenvalue weighted by atomic mass is 10.1. The maximum absolute atomic E-state index is 11.7. The number of fused-ring (bicyclic) bond motifs is 1. The van der Waals surface area contributed by atoms with Gasteiger partial charge in [0.05, 0.1) is 12.6 Å². The fourth-order valence-electron chi connectivity index (χ4n) is 1.86. The average molecular weight is 201 g/mol. The smallest absolute Gasteiger partial charge is 0.324 e. The summed E-state index contributed by atoms with van der Waals surface area (Å²) in [5.74, 6) is 0. The van der Waals surface area contributed by atoms with E-state index in [2.05, 4.69) is 0 Å². The van der Waals surface area contributed by atoms with E-state index in [-0.39, 0.29) is 18.3 Å². The second-order valence-electron chi connectivity index (χ2n) is 3.81. The highest BCUT2D eigenvalue weighted by atomic mass is 16.5. The Morgan fingerprint density at radius 3 is 2.50 bits per heavy atom. The van der Waals surface area contributed by atoms with E-state index in [9.17, 15) is 9.90 Å². The lowest BCUT2D eigenvalue weighted by molar-refractivity contribution is -0.200. The third kappa shape index (κ3) is 1.11. The van der Waals surface area contributed by atoms with Gasteiger partial charge < -0.3 is 9.84 Å². The first-order valence-electron chi connectivity index (χ1n) is 4.55. The van der Waals surface area contributed by atoms with E-state index < -0.39 is 6.35 Å². The Bertz CT molecular complexity index is 246. The molecule has 3 atom stereocenters. The molecule has 0 aromatic heterocycles. The number of carbonyl (C=O) groups is 1. The van der Waals surface area contributed by atoms with Crippen LogP contribution in [0.15, 0.2) is 0 Å². The van der Waals surface area contributed by atoms with Crippen LogP contribution in [0.4, 0.5) is 4.79 Å². The summed E-state index contributed by atoms with van der Waals surface area (Å²) in [4.78, 5) is 16.2. The number of urea groups is 1. The molecule has 2 heterocycles. The second kappa shape index (κ2) is 3.08. The number of ether oxygens (including phenoxy) is 1. The molecule has 0 spiro atoms. The highest BCUT2D eigenvalue weighted by Crippen LogP contribution is 2.26. The first kappa shape index (κ1) is 9.70. The van der Waals surface area contributed by atoms with Gasteiger partial charge in [0.25, 0.3) is 0 Å². The Labute approximate surface area is 82.6 Å². The summed E-state index contributed by atoms with van der Waals surface area (Å²) in [5.41, 5.74) is 0. The molecule has 0 radical (unpaired) electrons. The van der Waals surface area contributed by atoms with Crippen LogP contribution in [0, 0.1) is 0 Å². The maximum atomic E-state index is 11.7. The van der Waals surface area contributed by atoms with Crippen molar-refractivity contribution in [2.24, 2.45) is 0 Å². The number of aliphatic hydroxyl groups excluding tert-OH is 1. The van der Waals surface area contributed by atoms with Gasteiger partial charge in [-0.05, 0) is 7.05 Å². The van der Waals surface area contributed by atoms with Crippen LogP contribution >= 0.6 is 0 Å². The third-order valence-electron chi connectivity index (χ3n) is 2.99. The highest BCUT2D eigenvalue weighted by Gasteiger charge is 2.47. The standard InChI is InChI=1S/C8H15N3O3/c1-9-5-4-14-6(5)10(2)8(13)11(3)7(9)12/h5-7,12H,4H2,1-3H3. The lowest BCUT2D eigenvalue weighted by Gasteiger charge is -2.43. The lowest BCUT2D eigenvalue weighted by Crippen LogP contribution is -2.61. The minimum absolute atomic E-state index is 0.0869. The zero-order valence-electron chi connectivity index (χ0n) is 8.54. The molecule has 2 aliphatic heterocycles. The molecule has 3 unspecified atom stereocenters. The van der Waals surface area contributed by atoms with Crippen LogP contribution < -0.4 is 0 Å². The number of amides is 2. The number of rotatable bonds is 0. The number of nitrogens with zero attached hydrogens (tertiary/aromatic N) is 3. The van der Waals surface area contributed by atoms with Crippen molar-refractivity contribution in [1.29, 1.82) is 0 Å². The van der Waals surface area contributed by atoms with Crippen LogP contribution in [0.3, 0.4) is 0 Å². The van der Waals surface area contributed by atoms with Gasteiger partial charge in [0, 0.05) is 14.1 Å². The summed E-state index contributed by atoms with van der Waals surface area (Å²) < 4.78 is 5.29. The van der Waals surface area contributed by atoms with E-state index in [0.717, 1.165) is 0 Å². The van der Waals surface area contributed by atoms with Crippen molar-refractivity contribution in [3.05, 3.63) is 0 Å². The Hall–Kier alpha value is -0.850. The summed E-state index contributed by atoms with van der Waals surface area (Å²) in [6, 6.07) is -0.138. The number of likely N-dealkylation sites (N-methyl/N-ethyl adjacent to an activating group) is 2. The van der Waals surface area contributed by atoms with Gasteiger partial charge in [-0.2, -0.15) is 0 Å². The van der Waals surface area contributed by atoms with Gasteiger partial charge in [0.1, 0.15) is 0 Å². The summed E-state index contributed by atoms with van der Waals surface area (Å²) >= 11 is 0. The molecule has 2 fully saturated rings. The van der Waals surface area contributed by atoms with Gasteiger partial charge in [0.15, 0.2) is 12.6 Å². The molecule has 6 heteroatoms. The molecule has 0 aromatic rings. The molecule has 2 amide bonds. The Morgan fingerprint density at radius 2 is 2.00 bits per heavy atom. The van der Waals surface area contributed by atoms with Gasteiger partial charge >= 0.3 is 6.03 Å². The Kier molecular flexibility index (Phi) is 2.13. The zero-order chi connectivity index (χ0) is 10.5. The fraction of sp³-hybridized carbons (Fsp3) is 0.875. The van der Waals surface area contributed by atoms with Crippen LogP contribution in [-0.4, -0.2) is 72.2 Å². The normalized spacial score (nSPS) is 39.1. The van der Waals surface area contributed by atoms with E-state index in [1.165, 1.54) is 9.80 Å². The molecule has 2 rings (SSSR count). The van der Waals surface area contributed by atoms with Crippen molar-refractivity contribution in [2.75, 3.05) is 27.7 Å². The fourth-order valence-corrected chi connectivity index (χ4v) is 1.86. The summed E-state index contributed by atoms with van der Waals surface area (Å²) in [6.45, 7) is 0.559. The van der Waals surface area contributed by atoms with Crippen molar-refractivity contribution in [3.63, 3.8) is 0 Å². The zero-order valence-corrected chi connectivity index (χ0v) is 8.54. The molecular formula is C8H15N3O3. The van der Waals surface area contributed by atoms with E-state index >= 15 is 0 Å². The Balaban J connectivity index is 2.26. The topological polar surface area (TPSA) is 56.2 Å².